The highest BCUT2D eigenvalue weighted by molar-refractivity contribution is 9.10. The Labute approximate surface area is 114 Å². The van der Waals surface area contributed by atoms with Crippen molar-refractivity contribution in [2.45, 2.75) is 6.42 Å². The largest absolute Gasteiger partial charge is 0.555 e. The quantitative estimate of drug-likeness (QED) is 0.554. The van der Waals surface area contributed by atoms with Gasteiger partial charge in [-0.1, -0.05) is 51.3 Å². The predicted molar refractivity (Wildman–Crippen MR) is 71.2 cm³/mol. The van der Waals surface area contributed by atoms with Crippen LogP contribution in [0.1, 0.15) is 5.56 Å². The molecule has 0 aliphatic rings. The highest BCUT2D eigenvalue weighted by Gasteiger charge is 2.16. The van der Waals surface area contributed by atoms with E-state index in [2.05, 4.69) is 15.9 Å². The Morgan fingerprint density at radius 1 is 1.38 bits per heavy atom. The molecular weight excluding hydrogens is 334 g/mol. The van der Waals surface area contributed by atoms with Crippen molar-refractivity contribution >= 4 is 47.2 Å². The van der Waals surface area contributed by atoms with Gasteiger partial charge in [0.25, 0.3) is 0 Å². The third kappa shape index (κ3) is 5.86. The molecule has 0 amide bonds. The van der Waals surface area contributed by atoms with E-state index in [4.69, 9.17) is 27.7 Å². The van der Waals surface area contributed by atoms with E-state index in [1.165, 1.54) is 0 Å². The van der Waals surface area contributed by atoms with Crippen LogP contribution in [-0.2, 0) is 15.5 Å². The van der Waals surface area contributed by atoms with Crippen LogP contribution in [0.25, 0.3) is 0 Å². The first-order chi connectivity index (χ1) is 7.58. The first-order valence-electron chi connectivity index (χ1n) is 4.45. The summed E-state index contributed by atoms with van der Waals surface area (Å²) in [5.74, 6) is 0. The van der Waals surface area contributed by atoms with Crippen molar-refractivity contribution < 1.29 is 9.09 Å². The Bertz CT molecular complexity index is 388. The summed E-state index contributed by atoms with van der Waals surface area (Å²) in [4.78, 5) is 0. The molecule has 0 radical (unpaired) electrons. The maximum atomic E-state index is 11.3. The van der Waals surface area contributed by atoms with Crippen LogP contribution in [0.15, 0.2) is 39.5 Å². The molecule has 0 bridgehead atoms. The van der Waals surface area contributed by atoms with Crippen LogP contribution in [0.4, 0.5) is 0 Å². The van der Waals surface area contributed by atoms with Crippen LogP contribution < -0.4 is 0 Å². The molecule has 0 saturated heterocycles. The van der Waals surface area contributed by atoms with Gasteiger partial charge in [0, 0.05) is 10.9 Å². The lowest BCUT2D eigenvalue weighted by atomic mass is 10.2. The second-order valence-corrected chi connectivity index (χ2v) is 6.19. The van der Waals surface area contributed by atoms with Crippen molar-refractivity contribution in [1.82, 2.24) is 0 Å². The average molecular weight is 343 g/mol. The third-order valence-electron chi connectivity index (χ3n) is 1.76. The molecule has 1 aromatic rings. The van der Waals surface area contributed by atoms with Crippen LogP contribution in [0.3, 0.4) is 0 Å². The minimum absolute atomic E-state index is 0.0352. The highest BCUT2D eigenvalue weighted by atomic mass is 79.9. The van der Waals surface area contributed by atoms with Gasteiger partial charge in [-0.25, -0.2) is 0 Å². The fourth-order valence-corrected chi connectivity index (χ4v) is 2.27. The minimum atomic E-state index is -1.75. The highest BCUT2D eigenvalue weighted by Crippen LogP contribution is 2.26. The molecule has 0 fully saturated rings. The standard InChI is InChI=1S/C10H9BrCl2O2P/c11-9-3-1-8(2-4-9)5-6-16(14)15-7-10(12)13/h1-4,7H,5-6H2/q+1. The lowest BCUT2D eigenvalue weighted by molar-refractivity contribution is 0.462. The van der Waals surface area contributed by atoms with Crippen molar-refractivity contribution in [3.8, 4) is 0 Å². The van der Waals surface area contributed by atoms with Gasteiger partial charge in [0.1, 0.15) is 4.49 Å². The molecule has 0 spiro atoms. The van der Waals surface area contributed by atoms with E-state index in [9.17, 15) is 4.57 Å². The molecule has 16 heavy (non-hydrogen) atoms. The maximum Gasteiger partial charge on any atom is 0.555 e. The van der Waals surface area contributed by atoms with Crippen LogP contribution in [0, 0.1) is 0 Å². The third-order valence-corrected chi connectivity index (χ3v) is 3.39. The van der Waals surface area contributed by atoms with Crippen LogP contribution in [0.5, 0.6) is 0 Å². The van der Waals surface area contributed by atoms with E-state index in [0.29, 0.717) is 12.6 Å². The Hall–Kier alpha value is -0.0800. The SMILES string of the molecule is O=[P+](CCc1ccc(Br)cc1)OC=C(Cl)Cl. The summed E-state index contributed by atoms with van der Waals surface area (Å²) in [6.45, 7) is 0. The lowest BCUT2D eigenvalue weighted by Crippen LogP contribution is -1.88. The lowest BCUT2D eigenvalue weighted by Gasteiger charge is -1.95. The van der Waals surface area contributed by atoms with Gasteiger partial charge in [-0.05, 0) is 22.3 Å². The zero-order chi connectivity index (χ0) is 12.0. The van der Waals surface area contributed by atoms with Gasteiger partial charge in [-0.3, -0.25) is 4.52 Å². The summed E-state index contributed by atoms with van der Waals surface area (Å²) < 4.78 is 17.2. The van der Waals surface area contributed by atoms with Crippen molar-refractivity contribution in [1.29, 1.82) is 0 Å². The molecular formula is C10H9BrCl2O2P+. The van der Waals surface area contributed by atoms with Gasteiger partial charge in [0.2, 0.25) is 0 Å². The zero-order valence-electron chi connectivity index (χ0n) is 8.20. The number of hydrogen-bond donors (Lipinski definition) is 0. The van der Waals surface area contributed by atoms with Gasteiger partial charge < -0.3 is 0 Å². The van der Waals surface area contributed by atoms with Gasteiger partial charge in [-0.2, -0.15) is 0 Å². The molecule has 0 aromatic heterocycles. The van der Waals surface area contributed by atoms with Gasteiger partial charge in [-0.15, -0.1) is 0 Å². The van der Waals surface area contributed by atoms with Crippen LogP contribution >= 0.6 is 47.2 Å². The Balaban J connectivity index is 2.37. The van der Waals surface area contributed by atoms with E-state index in [1.54, 1.807) is 0 Å². The summed E-state index contributed by atoms with van der Waals surface area (Å²) in [7, 11) is -1.75. The molecule has 0 aliphatic heterocycles. The van der Waals surface area contributed by atoms with E-state index in [0.717, 1.165) is 16.3 Å². The number of halogens is 3. The number of hydrogen-bond acceptors (Lipinski definition) is 2. The molecule has 1 unspecified atom stereocenters. The molecule has 1 atom stereocenters. The summed E-state index contributed by atoms with van der Waals surface area (Å²) in [6, 6.07) is 7.83. The van der Waals surface area contributed by atoms with Gasteiger partial charge in [0.05, 0.1) is 0 Å². The average Bonchev–Trinajstić information content (AvgIpc) is 2.25. The summed E-state index contributed by atoms with van der Waals surface area (Å²) in [5, 5.41) is 0. The van der Waals surface area contributed by atoms with E-state index in [-0.39, 0.29) is 4.49 Å². The summed E-state index contributed by atoms with van der Waals surface area (Å²) in [5.41, 5.74) is 1.11. The fourth-order valence-electron chi connectivity index (χ4n) is 1.02. The number of benzene rings is 1. The van der Waals surface area contributed by atoms with E-state index < -0.39 is 8.03 Å². The first-order valence-corrected chi connectivity index (χ1v) is 7.36. The molecule has 86 valence electrons. The number of rotatable bonds is 5. The maximum absolute atomic E-state index is 11.3. The molecule has 6 heteroatoms. The van der Waals surface area contributed by atoms with Crippen LogP contribution in [-0.4, -0.2) is 6.16 Å². The van der Waals surface area contributed by atoms with Crippen molar-refractivity contribution in [3.63, 3.8) is 0 Å². The zero-order valence-corrected chi connectivity index (χ0v) is 12.2. The molecule has 1 aromatic carbocycles. The normalized spacial score (nSPS) is 10.8. The Kier molecular flexibility index (Phi) is 6.37. The number of aryl methyl sites for hydroxylation is 1. The fraction of sp³-hybridized carbons (Fsp3) is 0.200. The molecule has 0 aliphatic carbocycles. The van der Waals surface area contributed by atoms with Crippen molar-refractivity contribution in [2.75, 3.05) is 6.16 Å². The molecule has 0 saturated carbocycles. The van der Waals surface area contributed by atoms with Gasteiger partial charge in [0.15, 0.2) is 12.4 Å². The Morgan fingerprint density at radius 2 is 2.00 bits per heavy atom. The van der Waals surface area contributed by atoms with Crippen molar-refractivity contribution in [2.24, 2.45) is 0 Å². The smallest absolute Gasteiger partial charge is 0.260 e. The summed E-state index contributed by atoms with van der Waals surface area (Å²) in [6.07, 6.45) is 2.22. The second-order valence-electron chi connectivity index (χ2n) is 2.95. The summed E-state index contributed by atoms with van der Waals surface area (Å²) >= 11 is 14.0. The molecule has 1 rings (SSSR count). The first kappa shape index (κ1) is 14.0. The predicted octanol–water partition coefficient (Wildman–Crippen LogP) is 5.03. The van der Waals surface area contributed by atoms with Crippen molar-refractivity contribution in [3.05, 3.63) is 45.1 Å². The van der Waals surface area contributed by atoms with E-state index in [1.807, 2.05) is 24.3 Å². The van der Waals surface area contributed by atoms with E-state index >= 15 is 0 Å². The topological polar surface area (TPSA) is 26.3 Å². The molecule has 0 heterocycles. The monoisotopic (exact) mass is 341 g/mol. The Morgan fingerprint density at radius 3 is 2.56 bits per heavy atom. The molecule has 2 nitrogen and oxygen atoms in total. The molecule has 0 N–H and O–H groups in total. The second kappa shape index (κ2) is 7.29. The van der Waals surface area contributed by atoms with Crippen LogP contribution in [0.2, 0.25) is 0 Å². The minimum Gasteiger partial charge on any atom is -0.260 e. The van der Waals surface area contributed by atoms with Gasteiger partial charge >= 0.3 is 8.03 Å².